The van der Waals surface area contributed by atoms with Crippen molar-refractivity contribution in [2.75, 3.05) is 7.05 Å². The van der Waals surface area contributed by atoms with E-state index in [4.69, 9.17) is 0 Å². The summed E-state index contributed by atoms with van der Waals surface area (Å²) in [4.78, 5) is 14.5. The standard InChI is InChI=1S/C15H27NO/c1-12-8-10-13(11-9-12)15(17)16(2)14-6-4-3-5-7-14/h12-14H,3-11H2,1-2H3. The van der Waals surface area contributed by atoms with Gasteiger partial charge < -0.3 is 4.90 Å². The molecule has 0 heterocycles. The van der Waals surface area contributed by atoms with Crippen LogP contribution in [0.5, 0.6) is 0 Å². The fraction of sp³-hybridized carbons (Fsp3) is 0.933. The number of nitrogens with zero attached hydrogens (tertiary/aromatic N) is 1. The summed E-state index contributed by atoms with van der Waals surface area (Å²) in [5.74, 6) is 1.60. The van der Waals surface area contributed by atoms with Gasteiger partial charge in [0.05, 0.1) is 0 Å². The molecule has 0 aromatic rings. The van der Waals surface area contributed by atoms with E-state index in [0.29, 0.717) is 17.9 Å². The Kier molecular flexibility index (Phi) is 4.47. The monoisotopic (exact) mass is 237 g/mol. The highest BCUT2D eigenvalue weighted by atomic mass is 16.2. The van der Waals surface area contributed by atoms with E-state index in [9.17, 15) is 4.79 Å². The quantitative estimate of drug-likeness (QED) is 0.718. The van der Waals surface area contributed by atoms with Crippen LogP contribution in [-0.4, -0.2) is 23.9 Å². The molecule has 0 unspecified atom stereocenters. The van der Waals surface area contributed by atoms with Crippen LogP contribution in [0, 0.1) is 11.8 Å². The number of rotatable bonds is 2. The molecule has 98 valence electrons. The summed E-state index contributed by atoms with van der Waals surface area (Å²) in [6, 6.07) is 0.538. The van der Waals surface area contributed by atoms with Crippen molar-refractivity contribution in [1.29, 1.82) is 0 Å². The van der Waals surface area contributed by atoms with E-state index >= 15 is 0 Å². The summed E-state index contributed by atoms with van der Waals surface area (Å²) in [7, 11) is 2.04. The fourth-order valence-electron chi connectivity index (χ4n) is 3.44. The Morgan fingerprint density at radius 2 is 1.53 bits per heavy atom. The van der Waals surface area contributed by atoms with E-state index in [0.717, 1.165) is 18.8 Å². The maximum absolute atomic E-state index is 12.4. The van der Waals surface area contributed by atoms with Crippen molar-refractivity contribution < 1.29 is 4.79 Å². The lowest BCUT2D eigenvalue weighted by Gasteiger charge is -2.35. The van der Waals surface area contributed by atoms with Gasteiger partial charge in [0.25, 0.3) is 0 Å². The molecule has 0 atom stereocenters. The average Bonchev–Trinajstić information content (AvgIpc) is 2.39. The Morgan fingerprint density at radius 1 is 0.941 bits per heavy atom. The summed E-state index contributed by atoms with van der Waals surface area (Å²) >= 11 is 0. The third kappa shape index (κ3) is 3.23. The zero-order chi connectivity index (χ0) is 12.3. The molecule has 2 heteroatoms. The van der Waals surface area contributed by atoms with E-state index in [1.807, 2.05) is 7.05 Å². The minimum absolute atomic E-state index is 0.332. The molecule has 0 N–H and O–H groups in total. The predicted octanol–water partition coefficient (Wildman–Crippen LogP) is 3.60. The second-order valence-corrected chi connectivity index (χ2v) is 6.20. The zero-order valence-corrected chi connectivity index (χ0v) is 11.5. The van der Waals surface area contributed by atoms with Crippen molar-refractivity contribution in [3.63, 3.8) is 0 Å². The molecule has 0 aromatic carbocycles. The molecule has 0 spiro atoms. The van der Waals surface area contributed by atoms with Gasteiger partial charge in [-0.2, -0.15) is 0 Å². The molecular formula is C15H27NO. The third-order valence-electron chi connectivity index (χ3n) is 4.84. The number of amides is 1. The van der Waals surface area contributed by atoms with Crippen LogP contribution in [0.25, 0.3) is 0 Å². The van der Waals surface area contributed by atoms with Crippen LogP contribution in [0.1, 0.15) is 64.7 Å². The smallest absolute Gasteiger partial charge is 0.225 e. The summed E-state index contributed by atoms with van der Waals surface area (Å²) in [5, 5.41) is 0. The number of carbonyl (C=O) groups excluding carboxylic acids is 1. The molecule has 1 amide bonds. The number of hydrogen-bond donors (Lipinski definition) is 0. The normalized spacial score (nSPS) is 31.2. The van der Waals surface area contributed by atoms with E-state index in [-0.39, 0.29) is 0 Å². The molecule has 17 heavy (non-hydrogen) atoms. The molecule has 2 fully saturated rings. The lowest BCUT2D eigenvalue weighted by molar-refractivity contribution is -0.138. The van der Waals surface area contributed by atoms with Gasteiger partial charge in [0.2, 0.25) is 5.91 Å². The molecule has 2 aliphatic rings. The Hall–Kier alpha value is -0.530. The molecule has 0 saturated heterocycles. The summed E-state index contributed by atoms with van der Waals surface area (Å²) < 4.78 is 0. The van der Waals surface area contributed by atoms with E-state index in [1.165, 1.54) is 44.9 Å². The Bertz CT molecular complexity index is 250. The van der Waals surface area contributed by atoms with Gasteiger partial charge in [-0.15, -0.1) is 0 Å². The second kappa shape index (κ2) is 5.88. The molecule has 2 saturated carbocycles. The highest BCUT2D eigenvalue weighted by Gasteiger charge is 2.30. The minimum atomic E-state index is 0.332. The lowest BCUT2D eigenvalue weighted by atomic mass is 9.82. The van der Waals surface area contributed by atoms with Crippen LogP contribution in [0.4, 0.5) is 0 Å². The van der Waals surface area contributed by atoms with Crippen molar-refractivity contribution in [1.82, 2.24) is 4.90 Å². The lowest BCUT2D eigenvalue weighted by Crippen LogP contribution is -2.42. The van der Waals surface area contributed by atoms with Gasteiger partial charge in [-0.05, 0) is 44.4 Å². The van der Waals surface area contributed by atoms with Crippen LogP contribution in [0.15, 0.2) is 0 Å². The zero-order valence-electron chi connectivity index (χ0n) is 11.5. The first-order chi connectivity index (χ1) is 8.18. The van der Waals surface area contributed by atoms with Gasteiger partial charge in [0, 0.05) is 19.0 Å². The molecule has 2 nitrogen and oxygen atoms in total. The molecule has 0 radical (unpaired) electrons. The SMILES string of the molecule is CC1CCC(C(=O)N(C)C2CCCCC2)CC1. The van der Waals surface area contributed by atoms with Crippen molar-refractivity contribution in [2.24, 2.45) is 11.8 Å². The van der Waals surface area contributed by atoms with Crippen molar-refractivity contribution >= 4 is 5.91 Å². The van der Waals surface area contributed by atoms with Crippen LogP contribution < -0.4 is 0 Å². The van der Waals surface area contributed by atoms with Gasteiger partial charge in [0.15, 0.2) is 0 Å². The first kappa shape index (κ1) is 12.9. The van der Waals surface area contributed by atoms with Crippen molar-refractivity contribution in [3.8, 4) is 0 Å². The maximum atomic E-state index is 12.4. The fourth-order valence-corrected chi connectivity index (χ4v) is 3.44. The second-order valence-electron chi connectivity index (χ2n) is 6.20. The van der Waals surface area contributed by atoms with Crippen LogP contribution in [-0.2, 0) is 4.79 Å². The molecule has 0 bridgehead atoms. The molecule has 0 aromatic heterocycles. The summed E-state index contributed by atoms with van der Waals surface area (Å²) in [6.45, 7) is 2.31. The molecule has 0 aliphatic heterocycles. The minimum Gasteiger partial charge on any atom is -0.343 e. The maximum Gasteiger partial charge on any atom is 0.225 e. The molecular weight excluding hydrogens is 210 g/mol. The Balaban J connectivity index is 1.85. The molecule has 2 rings (SSSR count). The van der Waals surface area contributed by atoms with E-state index < -0.39 is 0 Å². The summed E-state index contributed by atoms with van der Waals surface area (Å²) in [6.07, 6.45) is 11.2. The van der Waals surface area contributed by atoms with Gasteiger partial charge in [-0.3, -0.25) is 4.79 Å². The van der Waals surface area contributed by atoms with Crippen LogP contribution in [0.2, 0.25) is 0 Å². The third-order valence-corrected chi connectivity index (χ3v) is 4.84. The van der Waals surface area contributed by atoms with Gasteiger partial charge in [-0.1, -0.05) is 26.2 Å². The van der Waals surface area contributed by atoms with E-state index in [1.54, 1.807) is 0 Å². The topological polar surface area (TPSA) is 20.3 Å². The van der Waals surface area contributed by atoms with Gasteiger partial charge >= 0.3 is 0 Å². The average molecular weight is 237 g/mol. The first-order valence-electron chi connectivity index (χ1n) is 7.45. The van der Waals surface area contributed by atoms with Crippen LogP contribution in [0.3, 0.4) is 0 Å². The number of hydrogen-bond acceptors (Lipinski definition) is 1. The Morgan fingerprint density at radius 3 is 2.12 bits per heavy atom. The van der Waals surface area contributed by atoms with Crippen molar-refractivity contribution in [3.05, 3.63) is 0 Å². The summed E-state index contributed by atoms with van der Waals surface area (Å²) in [5.41, 5.74) is 0. The van der Waals surface area contributed by atoms with Gasteiger partial charge in [-0.25, -0.2) is 0 Å². The Labute approximate surface area is 106 Å². The molecule has 2 aliphatic carbocycles. The van der Waals surface area contributed by atoms with Crippen LogP contribution >= 0.6 is 0 Å². The highest BCUT2D eigenvalue weighted by molar-refractivity contribution is 5.79. The highest BCUT2D eigenvalue weighted by Crippen LogP contribution is 2.31. The van der Waals surface area contributed by atoms with Gasteiger partial charge in [0.1, 0.15) is 0 Å². The predicted molar refractivity (Wildman–Crippen MR) is 70.8 cm³/mol. The van der Waals surface area contributed by atoms with E-state index in [2.05, 4.69) is 11.8 Å². The largest absolute Gasteiger partial charge is 0.343 e. The number of carbonyl (C=O) groups is 1. The first-order valence-corrected chi connectivity index (χ1v) is 7.45. The van der Waals surface area contributed by atoms with Crippen molar-refractivity contribution in [2.45, 2.75) is 70.8 Å².